The van der Waals surface area contributed by atoms with E-state index in [4.69, 9.17) is 21.0 Å². The number of carbonyl (C=O) groups excluding carboxylic acids is 1. The molecule has 6 nitrogen and oxygen atoms in total. The van der Waals surface area contributed by atoms with Crippen LogP contribution in [0.25, 0.3) is 17.4 Å². The quantitative estimate of drug-likeness (QED) is 0.408. The Morgan fingerprint density at radius 2 is 1.97 bits per heavy atom. The summed E-state index contributed by atoms with van der Waals surface area (Å²) in [5.74, 6) is -0.277. The molecule has 1 saturated heterocycles. The van der Waals surface area contributed by atoms with E-state index in [9.17, 15) is 14.7 Å². The minimum Gasteiger partial charge on any atom is -0.478 e. The van der Waals surface area contributed by atoms with E-state index < -0.39 is 5.97 Å². The highest BCUT2D eigenvalue weighted by Gasteiger charge is 2.32. The molecule has 33 heavy (non-hydrogen) atoms. The summed E-state index contributed by atoms with van der Waals surface area (Å²) in [6.45, 7) is 4.49. The molecule has 0 radical (unpaired) electrons. The Bertz CT molecular complexity index is 1300. The van der Waals surface area contributed by atoms with Crippen LogP contribution in [-0.2, 0) is 11.2 Å². The molecule has 1 aliphatic rings. The number of carbonyl (C=O) groups is 2. The number of nitrogens with zero attached hydrogens (tertiary/aromatic N) is 2. The summed E-state index contributed by atoms with van der Waals surface area (Å²) >= 11 is 7.26. The van der Waals surface area contributed by atoms with E-state index >= 15 is 0 Å². The van der Waals surface area contributed by atoms with Crippen LogP contribution < -0.4 is 0 Å². The maximum absolute atomic E-state index is 13.0. The molecule has 0 spiro atoms. The van der Waals surface area contributed by atoms with Crippen molar-refractivity contribution in [3.63, 3.8) is 0 Å². The van der Waals surface area contributed by atoms with E-state index in [1.54, 1.807) is 29.2 Å². The van der Waals surface area contributed by atoms with Gasteiger partial charge in [-0.2, -0.15) is 0 Å². The van der Waals surface area contributed by atoms with Crippen molar-refractivity contribution in [3.8, 4) is 11.3 Å². The molecule has 1 aliphatic heterocycles. The van der Waals surface area contributed by atoms with E-state index in [-0.39, 0.29) is 16.5 Å². The fourth-order valence-electron chi connectivity index (χ4n) is 3.45. The largest absolute Gasteiger partial charge is 0.478 e. The summed E-state index contributed by atoms with van der Waals surface area (Å²) < 4.78 is 5.88. The maximum atomic E-state index is 13.0. The zero-order valence-corrected chi connectivity index (χ0v) is 19.6. The number of rotatable bonds is 6. The molecule has 2 aromatic carbocycles. The maximum Gasteiger partial charge on any atom is 0.337 e. The van der Waals surface area contributed by atoms with Crippen molar-refractivity contribution in [2.75, 3.05) is 6.54 Å². The average molecular weight is 481 g/mol. The van der Waals surface area contributed by atoms with Gasteiger partial charge in [-0.1, -0.05) is 36.7 Å². The molecule has 1 aromatic heterocycles. The smallest absolute Gasteiger partial charge is 0.337 e. The van der Waals surface area contributed by atoms with Crippen LogP contribution in [0, 0.1) is 0 Å². The summed E-state index contributed by atoms with van der Waals surface area (Å²) in [6.07, 6.45) is 2.53. The lowest BCUT2D eigenvalue weighted by molar-refractivity contribution is -0.122. The molecule has 0 bridgehead atoms. The second kappa shape index (κ2) is 9.68. The standard InChI is InChI=1S/C25H21ClN2O4S/c1-3-15-7-5-6-8-20(15)27-25-28(4-2)23(29)22(33-25)14-17-10-12-21(32-17)16-9-11-19(26)18(13-16)24(30)31/h5-14H,3-4H2,1-2H3,(H,30,31)/b22-14+,27-25?. The summed E-state index contributed by atoms with van der Waals surface area (Å²) in [6, 6.07) is 16.0. The molecule has 0 saturated carbocycles. The summed E-state index contributed by atoms with van der Waals surface area (Å²) in [7, 11) is 0. The molecule has 1 fully saturated rings. The van der Waals surface area contributed by atoms with Crippen molar-refractivity contribution >= 4 is 52.2 Å². The van der Waals surface area contributed by atoms with Crippen LogP contribution >= 0.6 is 23.4 Å². The molecule has 0 atom stereocenters. The first kappa shape index (κ1) is 22.9. The third-order valence-corrected chi connectivity index (χ3v) is 6.51. The summed E-state index contributed by atoms with van der Waals surface area (Å²) in [5, 5.41) is 10.1. The van der Waals surface area contributed by atoms with Crippen LogP contribution in [0.1, 0.15) is 35.5 Å². The van der Waals surface area contributed by atoms with Crippen molar-refractivity contribution in [2.24, 2.45) is 4.99 Å². The number of furan rings is 1. The van der Waals surface area contributed by atoms with Crippen LogP contribution in [0.4, 0.5) is 5.69 Å². The Labute approximate surface area is 200 Å². The predicted octanol–water partition coefficient (Wildman–Crippen LogP) is 6.48. The molecule has 0 unspecified atom stereocenters. The topological polar surface area (TPSA) is 83.1 Å². The van der Waals surface area contributed by atoms with Gasteiger partial charge in [-0.25, -0.2) is 9.79 Å². The molecular formula is C25H21ClN2O4S. The zero-order valence-electron chi connectivity index (χ0n) is 18.0. The van der Waals surface area contributed by atoms with Gasteiger partial charge in [0.15, 0.2) is 5.17 Å². The Morgan fingerprint density at radius 3 is 2.70 bits per heavy atom. The van der Waals surface area contributed by atoms with Gasteiger partial charge in [-0.3, -0.25) is 9.69 Å². The minimum atomic E-state index is -1.11. The highest BCUT2D eigenvalue weighted by Crippen LogP contribution is 2.36. The molecule has 1 N–H and O–H groups in total. The third-order valence-electron chi connectivity index (χ3n) is 5.17. The van der Waals surface area contributed by atoms with Gasteiger partial charge in [-0.05, 0) is 67.1 Å². The number of para-hydroxylation sites is 1. The Morgan fingerprint density at radius 1 is 1.18 bits per heavy atom. The van der Waals surface area contributed by atoms with Gasteiger partial charge in [0.25, 0.3) is 5.91 Å². The van der Waals surface area contributed by atoms with Crippen molar-refractivity contribution in [3.05, 3.63) is 81.4 Å². The van der Waals surface area contributed by atoms with Crippen LogP contribution in [0.2, 0.25) is 5.02 Å². The van der Waals surface area contributed by atoms with Crippen LogP contribution in [-0.4, -0.2) is 33.6 Å². The predicted molar refractivity (Wildman–Crippen MR) is 132 cm³/mol. The number of thioether (sulfide) groups is 1. The second-order valence-corrected chi connectivity index (χ2v) is 8.65. The monoisotopic (exact) mass is 480 g/mol. The van der Waals surface area contributed by atoms with Crippen molar-refractivity contribution < 1.29 is 19.1 Å². The van der Waals surface area contributed by atoms with E-state index in [2.05, 4.69) is 6.92 Å². The number of amidine groups is 1. The number of hydrogen-bond acceptors (Lipinski definition) is 5. The number of benzene rings is 2. The number of hydrogen-bond donors (Lipinski definition) is 1. The van der Waals surface area contributed by atoms with Gasteiger partial charge in [0.2, 0.25) is 0 Å². The highest BCUT2D eigenvalue weighted by atomic mass is 35.5. The lowest BCUT2D eigenvalue weighted by Gasteiger charge is -2.12. The number of aryl methyl sites for hydroxylation is 1. The lowest BCUT2D eigenvalue weighted by atomic mass is 10.1. The van der Waals surface area contributed by atoms with Crippen molar-refractivity contribution in [2.45, 2.75) is 20.3 Å². The van der Waals surface area contributed by atoms with Crippen LogP contribution in [0.5, 0.6) is 0 Å². The highest BCUT2D eigenvalue weighted by molar-refractivity contribution is 8.18. The summed E-state index contributed by atoms with van der Waals surface area (Å²) in [5.41, 5.74) is 2.55. The van der Waals surface area contributed by atoms with Crippen molar-refractivity contribution in [1.29, 1.82) is 0 Å². The number of aromatic carboxylic acids is 1. The van der Waals surface area contributed by atoms with Gasteiger partial charge in [0, 0.05) is 18.2 Å². The van der Waals surface area contributed by atoms with Gasteiger partial charge in [0.1, 0.15) is 11.5 Å². The number of aliphatic imine (C=N–C) groups is 1. The number of carboxylic acids is 1. The van der Waals surface area contributed by atoms with E-state index in [1.165, 1.54) is 23.9 Å². The fraction of sp³-hybridized carbons (Fsp3) is 0.160. The first-order valence-corrected chi connectivity index (χ1v) is 11.6. The number of likely N-dealkylation sites (N-methyl/N-ethyl adjacent to an activating group) is 1. The number of halogens is 1. The first-order valence-electron chi connectivity index (χ1n) is 10.4. The third kappa shape index (κ3) is 4.74. The summed E-state index contributed by atoms with van der Waals surface area (Å²) in [4.78, 5) is 31.2. The molecule has 8 heteroatoms. The average Bonchev–Trinajstić information content (AvgIpc) is 3.39. The molecule has 2 heterocycles. The van der Waals surface area contributed by atoms with Crippen LogP contribution in [0.15, 0.2) is 68.9 Å². The van der Waals surface area contributed by atoms with Gasteiger partial charge in [0.05, 0.1) is 21.2 Å². The molecule has 168 valence electrons. The molecule has 1 amide bonds. The Hall–Kier alpha value is -3.29. The van der Waals surface area contributed by atoms with Gasteiger partial charge < -0.3 is 9.52 Å². The van der Waals surface area contributed by atoms with E-state index in [1.807, 2.05) is 31.2 Å². The van der Waals surface area contributed by atoms with Gasteiger partial charge >= 0.3 is 5.97 Å². The Kier molecular flexibility index (Phi) is 6.72. The zero-order chi connectivity index (χ0) is 23.5. The molecule has 0 aliphatic carbocycles. The SMILES string of the molecule is CCc1ccccc1N=C1S/C(=C/c2ccc(-c3ccc(Cl)c(C(=O)O)c3)o2)C(=O)N1CC. The van der Waals surface area contributed by atoms with Crippen molar-refractivity contribution in [1.82, 2.24) is 4.90 Å². The van der Waals surface area contributed by atoms with E-state index in [0.717, 1.165) is 17.7 Å². The van der Waals surface area contributed by atoms with Gasteiger partial charge in [-0.15, -0.1) is 0 Å². The minimum absolute atomic E-state index is 0.00111. The van der Waals surface area contributed by atoms with E-state index in [0.29, 0.717) is 33.7 Å². The molecule has 3 aromatic rings. The number of amides is 1. The molecular weight excluding hydrogens is 460 g/mol. The number of carboxylic acid groups (broad SMARTS) is 1. The normalized spacial score (nSPS) is 16.2. The fourth-order valence-corrected chi connectivity index (χ4v) is 4.68. The Balaban J connectivity index is 1.63. The lowest BCUT2D eigenvalue weighted by Crippen LogP contribution is -2.28. The first-order chi connectivity index (χ1) is 15.9. The molecule has 4 rings (SSSR count). The second-order valence-electron chi connectivity index (χ2n) is 7.24. The van der Waals surface area contributed by atoms with Crippen LogP contribution in [0.3, 0.4) is 0 Å².